The third-order valence-corrected chi connectivity index (χ3v) is 3.68. The Morgan fingerprint density at radius 1 is 0.731 bits per heavy atom. The van der Waals surface area contributed by atoms with E-state index in [1.54, 1.807) is 0 Å². The topological polar surface area (TPSA) is 26.3 Å². The summed E-state index contributed by atoms with van der Waals surface area (Å²) in [6, 6.07) is 29.0. The van der Waals surface area contributed by atoms with Gasteiger partial charge in [0.15, 0.2) is 5.76 Å². The maximum Gasteiger partial charge on any atom is 0.308 e. The lowest BCUT2D eigenvalue weighted by molar-refractivity contribution is -0.134. The third kappa shape index (κ3) is 4.49. The fraction of sp³-hybridized carbons (Fsp3) is 0.0417. The largest absolute Gasteiger partial charge is 0.425 e. The van der Waals surface area contributed by atoms with Crippen molar-refractivity contribution in [2.24, 2.45) is 0 Å². The van der Waals surface area contributed by atoms with Gasteiger partial charge in [-0.15, -0.1) is 0 Å². The molecule has 0 heterocycles. The number of allylic oxidation sites excluding steroid dienone is 1. The Kier molecular flexibility index (Phi) is 5.65. The molecule has 0 radical (unpaired) electrons. The second-order valence-corrected chi connectivity index (χ2v) is 5.65. The van der Waals surface area contributed by atoms with E-state index in [4.69, 9.17) is 4.74 Å². The van der Waals surface area contributed by atoms with Crippen LogP contribution in [-0.4, -0.2) is 5.97 Å². The van der Waals surface area contributed by atoms with Gasteiger partial charge in [0.1, 0.15) is 0 Å². The van der Waals surface area contributed by atoms with E-state index in [9.17, 15) is 4.79 Å². The highest BCUT2D eigenvalue weighted by atomic mass is 16.5. The van der Waals surface area contributed by atoms with E-state index in [-0.39, 0.29) is 5.97 Å². The number of hydrogen-bond donors (Lipinski definition) is 0. The van der Waals surface area contributed by atoms with Crippen molar-refractivity contribution < 1.29 is 9.53 Å². The number of carbonyl (C=O) groups excluding carboxylic acids is 1. The summed E-state index contributed by atoms with van der Waals surface area (Å²) in [5, 5.41) is 0. The van der Waals surface area contributed by atoms with Crippen LogP contribution in [0.1, 0.15) is 23.6 Å². The summed E-state index contributed by atoms with van der Waals surface area (Å²) < 4.78 is 5.58. The minimum atomic E-state index is -0.376. The van der Waals surface area contributed by atoms with E-state index in [1.165, 1.54) is 6.92 Å². The van der Waals surface area contributed by atoms with Gasteiger partial charge in [-0.05, 0) is 17.7 Å². The van der Waals surface area contributed by atoms with Gasteiger partial charge in [0, 0.05) is 18.1 Å². The average Bonchev–Trinajstić information content (AvgIpc) is 2.69. The molecule has 0 bridgehead atoms. The van der Waals surface area contributed by atoms with Crippen LogP contribution < -0.4 is 0 Å². The van der Waals surface area contributed by atoms with E-state index < -0.39 is 0 Å². The monoisotopic (exact) mass is 338 g/mol. The molecule has 0 aromatic heterocycles. The molecule has 3 aromatic rings. The Morgan fingerprint density at radius 3 is 1.77 bits per heavy atom. The fourth-order valence-corrected chi connectivity index (χ4v) is 2.51. The van der Waals surface area contributed by atoms with Crippen molar-refractivity contribution in [1.82, 2.24) is 0 Å². The SMILES string of the molecule is CC(=O)O/C(=C(/C#Cc1ccccc1)c1ccccc1)c1ccccc1. The minimum Gasteiger partial charge on any atom is -0.425 e. The summed E-state index contributed by atoms with van der Waals surface area (Å²) in [7, 11) is 0. The van der Waals surface area contributed by atoms with Gasteiger partial charge in [-0.25, -0.2) is 0 Å². The van der Waals surface area contributed by atoms with E-state index in [2.05, 4.69) is 11.8 Å². The van der Waals surface area contributed by atoms with Gasteiger partial charge in [-0.3, -0.25) is 4.79 Å². The smallest absolute Gasteiger partial charge is 0.308 e. The standard InChI is InChI=1S/C24H18O2/c1-19(25)26-24(22-15-9-4-10-16-22)23(21-13-7-3-8-14-21)18-17-20-11-5-2-6-12-20/h2-16H,1H3/b24-23-. The van der Waals surface area contributed by atoms with Gasteiger partial charge < -0.3 is 4.74 Å². The highest BCUT2D eigenvalue weighted by molar-refractivity contribution is 5.98. The molecule has 3 aromatic carbocycles. The normalized spacial score (nSPS) is 11.0. The van der Waals surface area contributed by atoms with Crippen LogP contribution in [0.15, 0.2) is 91.0 Å². The molecule has 0 spiro atoms. The molecule has 26 heavy (non-hydrogen) atoms. The molecule has 0 unspecified atom stereocenters. The number of benzene rings is 3. The summed E-state index contributed by atoms with van der Waals surface area (Å²) >= 11 is 0. The number of esters is 1. The highest BCUT2D eigenvalue weighted by Gasteiger charge is 2.13. The summed E-state index contributed by atoms with van der Waals surface area (Å²) in [6.45, 7) is 1.40. The van der Waals surface area contributed by atoms with Gasteiger partial charge in [-0.2, -0.15) is 0 Å². The van der Waals surface area contributed by atoms with Gasteiger partial charge in [0.05, 0.1) is 5.57 Å². The van der Waals surface area contributed by atoms with Crippen molar-refractivity contribution in [2.75, 3.05) is 0 Å². The second-order valence-electron chi connectivity index (χ2n) is 5.65. The molecular formula is C24H18O2. The first-order valence-corrected chi connectivity index (χ1v) is 8.34. The third-order valence-electron chi connectivity index (χ3n) is 3.68. The number of rotatable bonds is 3. The molecule has 0 saturated heterocycles. The molecule has 3 rings (SSSR count). The Morgan fingerprint density at radius 2 is 1.23 bits per heavy atom. The van der Waals surface area contributed by atoms with Crippen LogP contribution in [-0.2, 0) is 9.53 Å². The molecule has 0 fully saturated rings. The lowest BCUT2D eigenvalue weighted by Gasteiger charge is -2.11. The first-order valence-electron chi connectivity index (χ1n) is 8.34. The summed E-state index contributed by atoms with van der Waals surface area (Å²) in [4.78, 5) is 11.7. The van der Waals surface area contributed by atoms with Gasteiger partial charge in [0.25, 0.3) is 0 Å². The summed E-state index contributed by atoms with van der Waals surface area (Å²) in [6.07, 6.45) is 0. The van der Waals surface area contributed by atoms with Gasteiger partial charge in [-0.1, -0.05) is 90.7 Å². The number of carbonyl (C=O) groups is 1. The molecule has 2 heteroatoms. The molecule has 126 valence electrons. The van der Waals surface area contributed by atoms with Crippen LogP contribution >= 0.6 is 0 Å². The molecule has 0 aliphatic carbocycles. The van der Waals surface area contributed by atoms with Gasteiger partial charge >= 0.3 is 5.97 Å². The molecule has 0 aliphatic heterocycles. The quantitative estimate of drug-likeness (QED) is 0.285. The van der Waals surface area contributed by atoms with Crippen LogP contribution in [0.25, 0.3) is 11.3 Å². The van der Waals surface area contributed by atoms with Crippen molar-refractivity contribution in [1.29, 1.82) is 0 Å². The molecule has 0 atom stereocenters. The van der Waals surface area contributed by atoms with E-state index in [0.29, 0.717) is 11.3 Å². The minimum absolute atomic E-state index is 0.376. The first kappa shape index (κ1) is 17.3. The van der Waals surface area contributed by atoms with E-state index >= 15 is 0 Å². The van der Waals surface area contributed by atoms with Crippen molar-refractivity contribution in [2.45, 2.75) is 6.92 Å². The molecule has 0 aliphatic rings. The number of ether oxygens (including phenoxy) is 1. The molecule has 0 N–H and O–H groups in total. The molecule has 2 nitrogen and oxygen atoms in total. The van der Waals surface area contributed by atoms with Crippen LogP contribution in [0.4, 0.5) is 0 Å². The van der Waals surface area contributed by atoms with Crippen LogP contribution in [0.5, 0.6) is 0 Å². The van der Waals surface area contributed by atoms with Crippen molar-refractivity contribution in [3.8, 4) is 11.8 Å². The Hall–Kier alpha value is -3.57. The van der Waals surface area contributed by atoms with Crippen LogP contribution in [0.2, 0.25) is 0 Å². The van der Waals surface area contributed by atoms with Crippen LogP contribution in [0.3, 0.4) is 0 Å². The molecular weight excluding hydrogens is 320 g/mol. The van der Waals surface area contributed by atoms with Crippen molar-refractivity contribution in [3.05, 3.63) is 108 Å². The predicted octanol–water partition coefficient (Wildman–Crippen LogP) is 5.17. The van der Waals surface area contributed by atoms with E-state index in [0.717, 1.165) is 16.7 Å². The maximum absolute atomic E-state index is 11.7. The zero-order chi connectivity index (χ0) is 18.2. The van der Waals surface area contributed by atoms with Crippen molar-refractivity contribution >= 4 is 17.3 Å². The van der Waals surface area contributed by atoms with E-state index in [1.807, 2.05) is 91.0 Å². The summed E-state index contributed by atoms with van der Waals surface area (Å²) in [5.74, 6) is 6.47. The lowest BCUT2D eigenvalue weighted by Crippen LogP contribution is -2.01. The number of hydrogen-bond acceptors (Lipinski definition) is 2. The second kappa shape index (κ2) is 8.50. The zero-order valence-corrected chi connectivity index (χ0v) is 14.5. The van der Waals surface area contributed by atoms with Crippen molar-refractivity contribution in [3.63, 3.8) is 0 Å². The highest BCUT2D eigenvalue weighted by Crippen LogP contribution is 2.27. The van der Waals surface area contributed by atoms with Gasteiger partial charge in [0.2, 0.25) is 0 Å². The first-order chi connectivity index (χ1) is 12.7. The molecule has 0 saturated carbocycles. The zero-order valence-electron chi connectivity index (χ0n) is 14.5. The maximum atomic E-state index is 11.7. The molecule has 0 amide bonds. The lowest BCUT2D eigenvalue weighted by atomic mass is 10.0. The van der Waals surface area contributed by atoms with Crippen LogP contribution in [0, 0.1) is 11.8 Å². The average molecular weight is 338 g/mol. The Bertz CT molecular complexity index is 960. The predicted molar refractivity (Wildman–Crippen MR) is 105 cm³/mol. The Balaban J connectivity index is 2.20. The fourth-order valence-electron chi connectivity index (χ4n) is 2.51. The Labute approximate surface area is 153 Å². The summed E-state index contributed by atoms with van der Waals surface area (Å²) in [5.41, 5.74) is 3.28.